The molecule has 0 atom stereocenters. The molecule has 0 aromatic rings. The molecular formula is C14H22O. The molecule has 1 heteroatoms. The lowest BCUT2D eigenvalue weighted by Crippen LogP contribution is -2.48. The molecule has 0 saturated heterocycles. The fourth-order valence-electron chi connectivity index (χ4n) is 4.77. The molecule has 84 valence electrons. The fraction of sp³-hybridized carbons (Fsp3) is 0.929. The Hall–Kier alpha value is -0.330. The highest BCUT2D eigenvalue weighted by Gasteiger charge is 2.50. The lowest BCUT2D eigenvalue weighted by Gasteiger charge is -2.54. The number of carbonyl (C=O) groups excluding carboxylic acids is 1. The van der Waals surface area contributed by atoms with Crippen LogP contribution in [0.3, 0.4) is 0 Å². The van der Waals surface area contributed by atoms with Gasteiger partial charge in [-0.25, -0.2) is 0 Å². The first-order chi connectivity index (χ1) is 7.15. The van der Waals surface area contributed by atoms with Crippen molar-refractivity contribution in [1.82, 2.24) is 0 Å². The van der Waals surface area contributed by atoms with Gasteiger partial charge >= 0.3 is 0 Å². The molecule has 15 heavy (non-hydrogen) atoms. The zero-order valence-corrected chi connectivity index (χ0v) is 9.91. The van der Waals surface area contributed by atoms with E-state index in [4.69, 9.17) is 0 Å². The van der Waals surface area contributed by atoms with Gasteiger partial charge in [0.2, 0.25) is 0 Å². The monoisotopic (exact) mass is 206 g/mol. The van der Waals surface area contributed by atoms with Crippen LogP contribution in [-0.2, 0) is 4.79 Å². The number of Topliss-reactive ketones (excluding diaryl/α,β-unsaturated/α-hetero) is 1. The Morgan fingerprint density at radius 1 is 0.933 bits per heavy atom. The van der Waals surface area contributed by atoms with Crippen LogP contribution in [-0.4, -0.2) is 5.78 Å². The Kier molecular flexibility index (Phi) is 2.19. The summed E-state index contributed by atoms with van der Waals surface area (Å²) in [5, 5.41) is 0. The van der Waals surface area contributed by atoms with Crippen molar-refractivity contribution in [2.24, 2.45) is 35.5 Å². The van der Waals surface area contributed by atoms with Crippen LogP contribution >= 0.6 is 0 Å². The number of carbonyl (C=O) groups is 1. The molecule has 4 aliphatic rings. The van der Waals surface area contributed by atoms with E-state index in [1.54, 1.807) is 0 Å². The number of hydrogen-bond acceptors (Lipinski definition) is 1. The van der Waals surface area contributed by atoms with E-state index in [-0.39, 0.29) is 5.92 Å². The second-order valence-corrected chi connectivity index (χ2v) is 6.51. The molecule has 0 unspecified atom stereocenters. The summed E-state index contributed by atoms with van der Waals surface area (Å²) in [5.74, 6) is 4.81. The molecular weight excluding hydrogens is 184 g/mol. The first-order valence-corrected chi connectivity index (χ1v) is 6.69. The van der Waals surface area contributed by atoms with Crippen LogP contribution in [0.1, 0.15) is 46.0 Å². The molecule has 4 rings (SSSR count). The fourth-order valence-corrected chi connectivity index (χ4v) is 4.77. The molecule has 0 aromatic carbocycles. The second-order valence-electron chi connectivity index (χ2n) is 6.51. The molecule has 0 spiro atoms. The van der Waals surface area contributed by atoms with E-state index in [9.17, 15) is 4.79 Å². The maximum atomic E-state index is 12.2. The maximum absolute atomic E-state index is 12.2. The minimum Gasteiger partial charge on any atom is -0.299 e. The highest BCUT2D eigenvalue weighted by atomic mass is 16.1. The summed E-state index contributed by atoms with van der Waals surface area (Å²) >= 11 is 0. The molecule has 0 amide bonds. The summed E-state index contributed by atoms with van der Waals surface area (Å²) in [6, 6.07) is 0. The molecule has 0 radical (unpaired) electrons. The minimum atomic E-state index is 0.257. The van der Waals surface area contributed by atoms with Crippen LogP contribution in [0.4, 0.5) is 0 Å². The largest absolute Gasteiger partial charge is 0.299 e. The average Bonchev–Trinajstić information content (AvgIpc) is 2.15. The summed E-state index contributed by atoms with van der Waals surface area (Å²) < 4.78 is 0. The predicted molar refractivity (Wildman–Crippen MR) is 60.4 cm³/mol. The molecule has 0 aromatic heterocycles. The molecule has 0 N–H and O–H groups in total. The topological polar surface area (TPSA) is 17.1 Å². The van der Waals surface area contributed by atoms with Crippen LogP contribution < -0.4 is 0 Å². The first kappa shape index (κ1) is 9.86. The van der Waals surface area contributed by atoms with Crippen molar-refractivity contribution in [3.05, 3.63) is 0 Å². The van der Waals surface area contributed by atoms with Gasteiger partial charge in [-0.2, -0.15) is 0 Å². The van der Waals surface area contributed by atoms with Crippen LogP contribution in [0.25, 0.3) is 0 Å². The Morgan fingerprint density at radius 3 is 1.80 bits per heavy atom. The molecule has 4 aliphatic carbocycles. The summed E-state index contributed by atoms with van der Waals surface area (Å²) in [4.78, 5) is 12.2. The van der Waals surface area contributed by atoms with Crippen molar-refractivity contribution in [1.29, 1.82) is 0 Å². The van der Waals surface area contributed by atoms with Crippen LogP contribution in [0.15, 0.2) is 0 Å². The van der Waals surface area contributed by atoms with E-state index in [0.717, 1.165) is 23.7 Å². The van der Waals surface area contributed by atoms with Gasteiger partial charge in [0.05, 0.1) is 0 Å². The third kappa shape index (κ3) is 1.46. The molecule has 4 fully saturated rings. The summed E-state index contributed by atoms with van der Waals surface area (Å²) in [7, 11) is 0. The maximum Gasteiger partial charge on any atom is 0.139 e. The van der Waals surface area contributed by atoms with Gasteiger partial charge in [0.15, 0.2) is 0 Å². The standard InChI is InChI=1S/C14H22O/c1-8(2)14(15)13-11-4-9-3-10(6-11)7-12(13)5-9/h8-13H,3-7H2,1-2H3. The Morgan fingerprint density at radius 2 is 1.40 bits per heavy atom. The van der Waals surface area contributed by atoms with Gasteiger partial charge in [0, 0.05) is 11.8 Å². The van der Waals surface area contributed by atoms with Gasteiger partial charge < -0.3 is 0 Å². The van der Waals surface area contributed by atoms with Gasteiger partial charge in [-0.3, -0.25) is 4.79 Å². The van der Waals surface area contributed by atoms with Crippen LogP contribution in [0.5, 0.6) is 0 Å². The predicted octanol–water partition coefficient (Wildman–Crippen LogP) is 3.28. The van der Waals surface area contributed by atoms with Gasteiger partial charge in [0.25, 0.3) is 0 Å². The van der Waals surface area contributed by atoms with E-state index >= 15 is 0 Å². The molecule has 4 saturated carbocycles. The summed E-state index contributed by atoms with van der Waals surface area (Å²) in [6.07, 6.45) is 6.97. The van der Waals surface area contributed by atoms with E-state index in [0.29, 0.717) is 11.7 Å². The lowest BCUT2D eigenvalue weighted by molar-refractivity contribution is -0.138. The smallest absolute Gasteiger partial charge is 0.139 e. The van der Waals surface area contributed by atoms with Crippen LogP contribution in [0, 0.1) is 35.5 Å². The zero-order valence-electron chi connectivity index (χ0n) is 9.91. The van der Waals surface area contributed by atoms with Gasteiger partial charge in [-0.05, 0) is 55.8 Å². The quantitative estimate of drug-likeness (QED) is 0.677. The van der Waals surface area contributed by atoms with Gasteiger partial charge in [-0.15, -0.1) is 0 Å². The van der Waals surface area contributed by atoms with Crippen molar-refractivity contribution in [2.45, 2.75) is 46.0 Å². The third-order valence-electron chi connectivity index (χ3n) is 5.12. The molecule has 1 nitrogen and oxygen atoms in total. The SMILES string of the molecule is CC(C)C(=O)C1C2CC3CC(C2)CC1C3. The minimum absolute atomic E-state index is 0.257. The first-order valence-electron chi connectivity index (χ1n) is 6.69. The average molecular weight is 206 g/mol. The summed E-state index contributed by atoms with van der Waals surface area (Å²) in [5.41, 5.74) is 0. The number of rotatable bonds is 2. The number of ketones is 1. The van der Waals surface area contributed by atoms with Crippen molar-refractivity contribution < 1.29 is 4.79 Å². The molecule has 0 heterocycles. The lowest BCUT2D eigenvalue weighted by atomic mass is 9.50. The van der Waals surface area contributed by atoms with E-state index in [1.165, 1.54) is 32.1 Å². The Labute approximate surface area is 92.6 Å². The van der Waals surface area contributed by atoms with E-state index in [2.05, 4.69) is 13.8 Å². The molecule has 0 aliphatic heterocycles. The van der Waals surface area contributed by atoms with Gasteiger partial charge in [-0.1, -0.05) is 13.8 Å². The van der Waals surface area contributed by atoms with Crippen molar-refractivity contribution in [3.63, 3.8) is 0 Å². The van der Waals surface area contributed by atoms with E-state index in [1.807, 2.05) is 0 Å². The summed E-state index contributed by atoms with van der Waals surface area (Å²) in [6.45, 7) is 4.15. The highest BCUT2D eigenvalue weighted by Crippen LogP contribution is 2.57. The van der Waals surface area contributed by atoms with Gasteiger partial charge in [0.1, 0.15) is 5.78 Å². The third-order valence-corrected chi connectivity index (χ3v) is 5.12. The van der Waals surface area contributed by atoms with Crippen molar-refractivity contribution >= 4 is 5.78 Å². The van der Waals surface area contributed by atoms with E-state index < -0.39 is 0 Å². The molecule has 4 bridgehead atoms. The number of hydrogen-bond donors (Lipinski definition) is 0. The van der Waals surface area contributed by atoms with Crippen molar-refractivity contribution in [2.75, 3.05) is 0 Å². The highest BCUT2D eigenvalue weighted by molar-refractivity contribution is 5.83. The van der Waals surface area contributed by atoms with Crippen LogP contribution in [0.2, 0.25) is 0 Å². The second kappa shape index (κ2) is 3.33. The normalized spacial score (nSPS) is 47.5. The Balaban J connectivity index is 1.83. The van der Waals surface area contributed by atoms with Crippen molar-refractivity contribution in [3.8, 4) is 0 Å². The Bertz CT molecular complexity index is 251. The zero-order chi connectivity index (χ0) is 10.6.